The van der Waals surface area contributed by atoms with Crippen molar-refractivity contribution in [3.05, 3.63) is 52.5 Å². The van der Waals surface area contributed by atoms with Crippen molar-refractivity contribution in [1.29, 1.82) is 0 Å². The third-order valence-electron chi connectivity index (χ3n) is 4.98. The molecule has 2 aliphatic heterocycles. The lowest BCUT2D eigenvalue weighted by Crippen LogP contribution is -2.43. The highest BCUT2D eigenvalue weighted by molar-refractivity contribution is 6.36. The highest BCUT2D eigenvalue weighted by Crippen LogP contribution is 2.36. The molecule has 2 amide bonds. The normalized spacial score (nSPS) is 16.9. The predicted molar refractivity (Wildman–Crippen MR) is 114 cm³/mol. The van der Waals surface area contributed by atoms with Crippen LogP contribution in [0.4, 0.5) is 5.69 Å². The molecule has 7 nitrogen and oxygen atoms in total. The average Bonchev–Trinajstić information content (AvgIpc) is 3.07. The summed E-state index contributed by atoms with van der Waals surface area (Å²) in [5, 5.41) is 3.38. The average molecular weight is 429 g/mol. The van der Waals surface area contributed by atoms with E-state index in [4.69, 9.17) is 25.8 Å². The molecule has 0 spiro atoms. The highest BCUT2D eigenvalue weighted by Gasteiger charge is 2.24. The van der Waals surface area contributed by atoms with E-state index in [-0.39, 0.29) is 18.4 Å². The van der Waals surface area contributed by atoms with Crippen LogP contribution in [0.5, 0.6) is 11.5 Å². The zero-order chi connectivity index (χ0) is 21.1. The summed E-state index contributed by atoms with van der Waals surface area (Å²) < 4.78 is 16.4. The van der Waals surface area contributed by atoms with Crippen molar-refractivity contribution in [3.8, 4) is 11.5 Å². The van der Waals surface area contributed by atoms with Gasteiger partial charge in [0.05, 0.1) is 20.3 Å². The molecule has 0 unspecified atom stereocenters. The number of nitrogens with one attached hydrogen (secondary N) is 1. The minimum absolute atomic E-state index is 0.0783. The summed E-state index contributed by atoms with van der Waals surface area (Å²) in [5.74, 6) is 0.648. The number of ether oxygens (including phenoxy) is 3. The van der Waals surface area contributed by atoms with E-state index in [2.05, 4.69) is 5.32 Å². The Bertz CT molecular complexity index is 1010. The molecule has 0 aromatic heterocycles. The van der Waals surface area contributed by atoms with Gasteiger partial charge >= 0.3 is 0 Å². The second kappa shape index (κ2) is 8.77. The van der Waals surface area contributed by atoms with Gasteiger partial charge in [0.2, 0.25) is 0 Å². The Labute approximate surface area is 179 Å². The quantitative estimate of drug-likeness (QED) is 0.740. The van der Waals surface area contributed by atoms with Crippen LogP contribution in [0, 0.1) is 0 Å². The van der Waals surface area contributed by atoms with Gasteiger partial charge in [0.25, 0.3) is 11.8 Å². The smallest absolute Gasteiger partial charge is 0.260 e. The van der Waals surface area contributed by atoms with Crippen LogP contribution < -0.4 is 14.8 Å². The fourth-order valence-corrected chi connectivity index (χ4v) is 3.58. The number of rotatable bonds is 5. The summed E-state index contributed by atoms with van der Waals surface area (Å²) in [7, 11) is 1.53. The zero-order valence-corrected chi connectivity index (χ0v) is 17.2. The van der Waals surface area contributed by atoms with Gasteiger partial charge in [-0.2, -0.15) is 0 Å². The fraction of sp³-hybridized carbons (Fsp3) is 0.273. The minimum Gasteiger partial charge on any atom is -0.493 e. The number of nitrogens with zero attached hydrogens (tertiary/aromatic N) is 1. The molecule has 4 rings (SSSR count). The summed E-state index contributed by atoms with van der Waals surface area (Å²) in [4.78, 5) is 26.4. The van der Waals surface area contributed by atoms with Gasteiger partial charge in [0.15, 0.2) is 18.1 Å². The van der Waals surface area contributed by atoms with Crippen molar-refractivity contribution in [2.75, 3.05) is 45.3 Å². The summed E-state index contributed by atoms with van der Waals surface area (Å²) in [5.41, 5.74) is 2.76. The van der Waals surface area contributed by atoms with Crippen LogP contribution in [0.1, 0.15) is 11.1 Å². The molecular weight excluding hydrogens is 408 g/mol. The molecule has 0 bridgehead atoms. The second-order valence-corrected chi connectivity index (χ2v) is 7.33. The number of morpholine rings is 1. The van der Waals surface area contributed by atoms with E-state index in [1.54, 1.807) is 47.4 Å². The maximum Gasteiger partial charge on any atom is 0.260 e. The van der Waals surface area contributed by atoms with Crippen LogP contribution in [0.15, 0.2) is 36.4 Å². The molecule has 8 heteroatoms. The first-order valence-electron chi connectivity index (χ1n) is 9.54. The lowest BCUT2D eigenvalue weighted by atomic mass is 10.0. The molecule has 2 heterocycles. The first kappa shape index (κ1) is 20.3. The Kier molecular flexibility index (Phi) is 5.92. The van der Waals surface area contributed by atoms with E-state index in [1.807, 2.05) is 0 Å². The number of fused-ring (bicyclic) bond motifs is 1. The van der Waals surface area contributed by atoms with E-state index >= 15 is 0 Å². The monoisotopic (exact) mass is 428 g/mol. The molecule has 1 fully saturated rings. The van der Waals surface area contributed by atoms with E-state index < -0.39 is 0 Å². The van der Waals surface area contributed by atoms with Gasteiger partial charge < -0.3 is 24.4 Å². The zero-order valence-electron chi connectivity index (χ0n) is 16.4. The number of hydrogen-bond acceptors (Lipinski definition) is 5. The molecule has 30 heavy (non-hydrogen) atoms. The molecule has 156 valence electrons. The minimum atomic E-state index is -0.192. The first-order valence-corrected chi connectivity index (χ1v) is 9.92. The number of methoxy groups -OCH3 is 1. The van der Waals surface area contributed by atoms with Crippen LogP contribution in [-0.4, -0.2) is 56.7 Å². The lowest BCUT2D eigenvalue weighted by Gasteiger charge is -2.26. The van der Waals surface area contributed by atoms with Crippen molar-refractivity contribution < 1.29 is 23.8 Å². The Morgan fingerprint density at radius 2 is 2.00 bits per heavy atom. The first-order chi connectivity index (χ1) is 14.5. The topological polar surface area (TPSA) is 77.1 Å². The van der Waals surface area contributed by atoms with Gasteiger partial charge in [-0.3, -0.25) is 9.59 Å². The van der Waals surface area contributed by atoms with Gasteiger partial charge in [0.1, 0.15) is 0 Å². The predicted octanol–water partition coefficient (Wildman–Crippen LogP) is 3.08. The van der Waals surface area contributed by atoms with Crippen molar-refractivity contribution in [1.82, 2.24) is 4.90 Å². The van der Waals surface area contributed by atoms with Gasteiger partial charge in [-0.1, -0.05) is 17.7 Å². The molecular formula is C22H21ClN2O5. The van der Waals surface area contributed by atoms with Crippen LogP contribution in [0.25, 0.3) is 11.6 Å². The van der Waals surface area contributed by atoms with E-state index in [0.717, 1.165) is 16.8 Å². The Balaban J connectivity index is 1.51. The molecule has 1 saturated heterocycles. The lowest BCUT2D eigenvalue weighted by molar-refractivity contribution is -0.137. The molecule has 1 N–H and O–H groups in total. The summed E-state index contributed by atoms with van der Waals surface area (Å²) in [6.07, 6.45) is 1.77. The maximum absolute atomic E-state index is 12.4. The summed E-state index contributed by atoms with van der Waals surface area (Å²) >= 11 is 6.08. The third-order valence-corrected chi connectivity index (χ3v) is 5.21. The van der Waals surface area contributed by atoms with Crippen molar-refractivity contribution >= 4 is 40.8 Å². The number of benzene rings is 2. The third kappa shape index (κ3) is 4.27. The van der Waals surface area contributed by atoms with Crippen molar-refractivity contribution in [2.24, 2.45) is 0 Å². The fourth-order valence-electron chi connectivity index (χ4n) is 3.41. The number of anilines is 1. The highest BCUT2D eigenvalue weighted by atomic mass is 35.5. The SMILES string of the molecule is COc1cc(/C=C2\C(=O)Nc3ccc(Cl)cc32)ccc1OCC(=O)N1CCOCC1. The van der Waals surface area contributed by atoms with Crippen LogP contribution in [-0.2, 0) is 14.3 Å². The van der Waals surface area contributed by atoms with Gasteiger partial charge in [-0.15, -0.1) is 0 Å². The van der Waals surface area contributed by atoms with E-state index in [0.29, 0.717) is 48.4 Å². The number of carbonyl (C=O) groups is 2. The Morgan fingerprint density at radius 1 is 1.20 bits per heavy atom. The maximum atomic E-state index is 12.4. The van der Waals surface area contributed by atoms with Crippen LogP contribution in [0.3, 0.4) is 0 Å². The summed E-state index contributed by atoms with van der Waals surface area (Å²) in [6.45, 7) is 2.14. The van der Waals surface area contributed by atoms with Crippen LogP contribution >= 0.6 is 11.6 Å². The molecule has 2 aromatic carbocycles. The van der Waals surface area contributed by atoms with Crippen molar-refractivity contribution in [2.45, 2.75) is 0 Å². The number of carbonyl (C=O) groups excluding carboxylic acids is 2. The molecule has 0 atom stereocenters. The molecule has 2 aromatic rings. The van der Waals surface area contributed by atoms with Crippen LogP contribution in [0.2, 0.25) is 5.02 Å². The van der Waals surface area contributed by atoms with E-state index in [9.17, 15) is 9.59 Å². The van der Waals surface area contributed by atoms with Gasteiger partial charge in [-0.25, -0.2) is 0 Å². The Hall–Kier alpha value is -3.03. The van der Waals surface area contributed by atoms with Gasteiger partial charge in [-0.05, 0) is 42.0 Å². The summed E-state index contributed by atoms with van der Waals surface area (Å²) in [6, 6.07) is 10.6. The largest absolute Gasteiger partial charge is 0.493 e. The Morgan fingerprint density at radius 3 is 2.77 bits per heavy atom. The van der Waals surface area contributed by atoms with Gasteiger partial charge in [0, 0.05) is 34.9 Å². The number of halogens is 1. The molecule has 0 radical (unpaired) electrons. The second-order valence-electron chi connectivity index (χ2n) is 6.89. The van der Waals surface area contributed by atoms with Crippen molar-refractivity contribution in [3.63, 3.8) is 0 Å². The van der Waals surface area contributed by atoms with E-state index in [1.165, 1.54) is 7.11 Å². The molecule has 0 saturated carbocycles. The standard InChI is InChI=1S/C22H21ClN2O5/c1-28-20-11-14(10-17-16-12-15(23)3-4-18(16)24-22(17)27)2-5-19(20)30-13-21(26)25-6-8-29-9-7-25/h2-5,10-12H,6-9,13H2,1H3,(H,24,27)/b17-10-. The molecule has 0 aliphatic carbocycles. The number of hydrogen-bond donors (Lipinski definition) is 1. The molecule has 2 aliphatic rings. The number of amides is 2.